The quantitative estimate of drug-likeness (QED) is 0.288. The fourth-order valence-electron chi connectivity index (χ4n) is 3.81. The molecule has 0 bridgehead atoms. The SMILES string of the molecule is COc1cc(CN(Cc2ccco2)C(=O)c2ccc(S(=O)(=O)c3ccc(C)cc3)o2)cc(OC)c1OC. The van der Waals surface area contributed by atoms with E-state index in [4.69, 9.17) is 23.0 Å². The number of sulfone groups is 1. The molecule has 4 rings (SSSR count). The van der Waals surface area contributed by atoms with Crippen molar-refractivity contribution in [1.29, 1.82) is 0 Å². The molecule has 2 aromatic carbocycles. The topological polar surface area (TPSA) is 108 Å². The van der Waals surface area contributed by atoms with Crippen LogP contribution in [0.25, 0.3) is 0 Å². The van der Waals surface area contributed by atoms with Crippen LogP contribution < -0.4 is 14.2 Å². The third-order valence-corrected chi connectivity index (χ3v) is 7.34. The summed E-state index contributed by atoms with van der Waals surface area (Å²) in [5.41, 5.74) is 1.61. The van der Waals surface area contributed by atoms with Gasteiger partial charge in [0.25, 0.3) is 5.91 Å². The van der Waals surface area contributed by atoms with Crippen molar-refractivity contribution in [2.45, 2.75) is 30.0 Å². The zero-order valence-electron chi connectivity index (χ0n) is 20.9. The normalized spacial score (nSPS) is 11.2. The molecule has 194 valence electrons. The zero-order chi connectivity index (χ0) is 26.6. The van der Waals surface area contributed by atoms with Crippen molar-refractivity contribution in [3.8, 4) is 17.2 Å². The Morgan fingerprint density at radius 1 is 0.892 bits per heavy atom. The van der Waals surface area contributed by atoms with Crippen LogP contribution in [-0.2, 0) is 22.9 Å². The number of hydrogen-bond acceptors (Lipinski definition) is 8. The number of nitrogens with zero attached hydrogens (tertiary/aromatic N) is 1. The maximum absolute atomic E-state index is 13.5. The lowest BCUT2D eigenvalue weighted by molar-refractivity contribution is 0.0679. The second-order valence-corrected chi connectivity index (χ2v) is 10.1. The minimum absolute atomic E-state index is 0.0799. The van der Waals surface area contributed by atoms with E-state index in [-0.39, 0.29) is 28.8 Å². The highest BCUT2D eigenvalue weighted by Gasteiger charge is 2.27. The van der Waals surface area contributed by atoms with Gasteiger partial charge in [-0.25, -0.2) is 8.42 Å². The Balaban J connectivity index is 1.66. The number of rotatable bonds is 10. The summed E-state index contributed by atoms with van der Waals surface area (Å²) in [5, 5.41) is -0.314. The zero-order valence-corrected chi connectivity index (χ0v) is 21.7. The highest BCUT2D eigenvalue weighted by atomic mass is 32.2. The summed E-state index contributed by atoms with van der Waals surface area (Å²) in [6.07, 6.45) is 1.51. The molecule has 0 radical (unpaired) electrons. The van der Waals surface area contributed by atoms with Crippen molar-refractivity contribution in [3.05, 3.63) is 89.6 Å². The third kappa shape index (κ3) is 5.49. The van der Waals surface area contributed by atoms with E-state index >= 15 is 0 Å². The van der Waals surface area contributed by atoms with Gasteiger partial charge in [0.1, 0.15) is 5.76 Å². The Labute approximate surface area is 215 Å². The molecule has 10 heteroatoms. The van der Waals surface area contributed by atoms with Gasteiger partial charge in [-0.2, -0.15) is 0 Å². The maximum Gasteiger partial charge on any atom is 0.290 e. The minimum atomic E-state index is -3.93. The Hall–Kier alpha value is -4.18. The molecule has 0 atom stereocenters. The summed E-state index contributed by atoms with van der Waals surface area (Å²) in [7, 11) is 0.586. The van der Waals surface area contributed by atoms with Gasteiger partial charge >= 0.3 is 0 Å². The van der Waals surface area contributed by atoms with E-state index < -0.39 is 15.7 Å². The van der Waals surface area contributed by atoms with Gasteiger partial charge in [-0.3, -0.25) is 4.79 Å². The van der Waals surface area contributed by atoms with Crippen molar-refractivity contribution in [2.24, 2.45) is 0 Å². The molecular weight excluding hydrogens is 498 g/mol. The van der Waals surface area contributed by atoms with E-state index in [1.807, 2.05) is 6.92 Å². The number of aryl methyl sites for hydroxylation is 1. The van der Waals surface area contributed by atoms with E-state index in [1.165, 1.54) is 56.8 Å². The first-order valence-corrected chi connectivity index (χ1v) is 12.8. The molecule has 0 fully saturated rings. The van der Waals surface area contributed by atoms with Crippen LogP contribution in [0.1, 0.15) is 27.4 Å². The van der Waals surface area contributed by atoms with Gasteiger partial charge in [-0.15, -0.1) is 0 Å². The molecule has 4 aromatic rings. The summed E-state index contributed by atoms with van der Waals surface area (Å²) >= 11 is 0. The van der Waals surface area contributed by atoms with Crippen LogP contribution >= 0.6 is 0 Å². The molecule has 2 aromatic heterocycles. The summed E-state index contributed by atoms with van der Waals surface area (Å²) in [6.45, 7) is 2.10. The van der Waals surface area contributed by atoms with E-state index in [0.29, 0.717) is 28.6 Å². The molecule has 0 aliphatic carbocycles. The standard InChI is InChI=1S/C27H27NO8S/c1-18-7-9-21(10-8-18)37(30,31)25-12-11-22(36-25)27(29)28(17-20-6-5-13-35-20)16-19-14-23(32-2)26(34-4)24(15-19)33-3/h5-15H,16-17H2,1-4H3. The fraction of sp³-hybridized carbons (Fsp3) is 0.222. The lowest BCUT2D eigenvalue weighted by Gasteiger charge is -2.22. The average molecular weight is 526 g/mol. The van der Waals surface area contributed by atoms with E-state index in [2.05, 4.69) is 0 Å². The first kappa shape index (κ1) is 25.9. The first-order chi connectivity index (χ1) is 17.8. The number of amides is 1. The minimum Gasteiger partial charge on any atom is -0.493 e. The van der Waals surface area contributed by atoms with Gasteiger partial charge in [0.05, 0.1) is 39.0 Å². The van der Waals surface area contributed by atoms with E-state index in [1.54, 1.807) is 36.4 Å². The molecule has 0 N–H and O–H groups in total. The molecule has 0 unspecified atom stereocenters. The number of methoxy groups -OCH3 is 3. The molecule has 1 amide bonds. The van der Waals surface area contributed by atoms with Gasteiger partial charge < -0.3 is 27.9 Å². The molecule has 0 aliphatic rings. The van der Waals surface area contributed by atoms with Gasteiger partial charge in [-0.1, -0.05) is 17.7 Å². The molecule has 37 heavy (non-hydrogen) atoms. The smallest absolute Gasteiger partial charge is 0.290 e. The van der Waals surface area contributed by atoms with Gasteiger partial charge in [0, 0.05) is 6.54 Å². The van der Waals surface area contributed by atoms with E-state index in [0.717, 1.165) is 5.56 Å². The Morgan fingerprint density at radius 2 is 1.57 bits per heavy atom. The molecule has 0 saturated carbocycles. The summed E-state index contributed by atoms with van der Waals surface area (Å²) < 4.78 is 53.3. The highest BCUT2D eigenvalue weighted by Crippen LogP contribution is 2.38. The van der Waals surface area contributed by atoms with Gasteiger partial charge in [0.15, 0.2) is 17.3 Å². The Morgan fingerprint density at radius 3 is 2.14 bits per heavy atom. The molecule has 9 nitrogen and oxygen atoms in total. The Kier molecular flexibility index (Phi) is 7.58. The number of benzene rings is 2. The monoisotopic (exact) mass is 525 g/mol. The van der Waals surface area contributed by atoms with Crippen LogP contribution in [0.4, 0.5) is 0 Å². The number of furan rings is 2. The maximum atomic E-state index is 13.5. The summed E-state index contributed by atoms with van der Waals surface area (Å²) in [6, 6.07) is 16.0. The Bertz CT molecular complexity index is 1450. The number of ether oxygens (including phenoxy) is 3. The first-order valence-electron chi connectivity index (χ1n) is 11.3. The largest absolute Gasteiger partial charge is 0.493 e. The molecule has 0 saturated heterocycles. The lowest BCUT2D eigenvalue weighted by Crippen LogP contribution is -2.29. The van der Waals surface area contributed by atoms with Crippen LogP contribution in [0.3, 0.4) is 0 Å². The van der Waals surface area contributed by atoms with Crippen molar-refractivity contribution in [2.75, 3.05) is 21.3 Å². The predicted octanol–water partition coefficient (Wildman–Crippen LogP) is 4.88. The van der Waals surface area contributed by atoms with E-state index in [9.17, 15) is 13.2 Å². The van der Waals surface area contributed by atoms with Crippen molar-refractivity contribution in [1.82, 2.24) is 4.90 Å². The van der Waals surface area contributed by atoms with Gasteiger partial charge in [-0.05, 0) is 61.0 Å². The van der Waals surface area contributed by atoms with Crippen molar-refractivity contribution < 1.29 is 36.3 Å². The summed E-state index contributed by atoms with van der Waals surface area (Å²) in [4.78, 5) is 15.1. The van der Waals surface area contributed by atoms with Crippen molar-refractivity contribution >= 4 is 15.7 Å². The third-order valence-electron chi connectivity index (χ3n) is 5.70. The highest BCUT2D eigenvalue weighted by molar-refractivity contribution is 7.91. The van der Waals surface area contributed by atoms with Crippen LogP contribution in [0.5, 0.6) is 17.2 Å². The number of carbonyl (C=O) groups is 1. The van der Waals surface area contributed by atoms with Crippen LogP contribution in [0.15, 0.2) is 85.7 Å². The van der Waals surface area contributed by atoms with Gasteiger partial charge in [0.2, 0.25) is 20.7 Å². The van der Waals surface area contributed by atoms with Crippen LogP contribution in [-0.4, -0.2) is 40.6 Å². The number of carbonyl (C=O) groups excluding carboxylic acids is 1. The average Bonchev–Trinajstić information content (AvgIpc) is 3.60. The summed E-state index contributed by atoms with van der Waals surface area (Å²) in [5.74, 6) is 1.20. The lowest BCUT2D eigenvalue weighted by atomic mass is 10.1. The van der Waals surface area contributed by atoms with Crippen LogP contribution in [0, 0.1) is 6.92 Å². The fourth-order valence-corrected chi connectivity index (χ4v) is 4.98. The van der Waals surface area contributed by atoms with Crippen LogP contribution in [0.2, 0.25) is 0 Å². The predicted molar refractivity (Wildman–Crippen MR) is 134 cm³/mol. The second kappa shape index (κ2) is 10.8. The second-order valence-electron chi connectivity index (χ2n) is 8.21. The molecule has 0 aliphatic heterocycles. The molecule has 2 heterocycles. The van der Waals surface area contributed by atoms with Crippen molar-refractivity contribution in [3.63, 3.8) is 0 Å². The molecule has 0 spiro atoms. The molecular formula is C27H27NO8S. The number of hydrogen-bond donors (Lipinski definition) is 0.